The van der Waals surface area contributed by atoms with Crippen LogP contribution in [0.25, 0.3) is 16.6 Å². The lowest BCUT2D eigenvalue weighted by atomic mass is 9.84. The summed E-state index contributed by atoms with van der Waals surface area (Å²) < 4.78 is 23.2. The maximum atomic E-state index is 14.5. The van der Waals surface area contributed by atoms with Gasteiger partial charge < -0.3 is 20.5 Å². The average Bonchev–Trinajstić information content (AvgIpc) is 3.53. The molecular weight excluding hydrogens is 475 g/mol. The number of anilines is 2. The van der Waals surface area contributed by atoms with Gasteiger partial charge in [-0.15, -0.1) is 5.10 Å². The molecule has 4 heterocycles. The highest BCUT2D eigenvalue weighted by atomic mass is 19.1. The zero-order valence-corrected chi connectivity index (χ0v) is 21.4. The van der Waals surface area contributed by atoms with E-state index in [1.54, 1.807) is 0 Å². The van der Waals surface area contributed by atoms with Crippen LogP contribution in [0.2, 0.25) is 0 Å². The van der Waals surface area contributed by atoms with Crippen LogP contribution < -0.4 is 15.4 Å². The zero-order valence-electron chi connectivity index (χ0n) is 21.4. The maximum Gasteiger partial charge on any atom is 0.223 e. The molecule has 6 rings (SSSR count). The number of hydrogen-bond donors (Lipinski definition) is 2. The predicted molar refractivity (Wildman–Crippen MR) is 138 cm³/mol. The third-order valence-corrected chi connectivity index (χ3v) is 8.16. The molecule has 1 aromatic carbocycles. The van der Waals surface area contributed by atoms with E-state index in [9.17, 15) is 9.50 Å². The Morgan fingerprint density at radius 1 is 1.16 bits per heavy atom. The summed E-state index contributed by atoms with van der Waals surface area (Å²) in [6.07, 6.45) is 9.42. The van der Waals surface area contributed by atoms with Gasteiger partial charge in [0.15, 0.2) is 23.0 Å². The smallest absolute Gasteiger partial charge is 0.223 e. The molecule has 3 N–H and O–H groups in total. The molecule has 4 aromatic rings. The maximum absolute atomic E-state index is 14.5. The van der Waals surface area contributed by atoms with E-state index in [2.05, 4.69) is 32.8 Å². The molecule has 0 amide bonds. The van der Waals surface area contributed by atoms with Crippen molar-refractivity contribution in [3.8, 4) is 5.75 Å². The van der Waals surface area contributed by atoms with Crippen molar-refractivity contribution in [3.63, 3.8) is 0 Å². The highest BCUT2D eigenvalue weighted by molar-refractivity contribution is 5.93. The molecule has 0 radical (unpaired) electrons. The van der Waals surface area contributed by atoms with Gasteiger partial charge in [-0.05, 0) is 58.4 Å². The number of piperidine rings is 1. The van der Waals surface area contributed by atoms with Crippen LogP contribution in [0.3, 0.4) is 0 Å². The largest absolute Gasteiger partial charge is 0.494 e. The fourth-order valence-corrected chi connectivity index (χ4v) is 5.82. The van der Waals surface area contributed by atoms with Gasteiger partial charge in [0.2, 0.25) is 5.95 Å². The van der Waals surface area contributed by atoms with Crippen molar-refractivity contribution < 1.29 is 14.2 Å². The molecule has 2 aliphatic rings. The third kappa shape index (κ3) is 4.24. The van der Waals surface area contributed by atoms with Crippen molar-refractivity contribution >= 4 is 28.2 Å². The number of nitrogens with zero attached hydrogens (tertiary/aromatic N) is 7. The van der Waals surface area contributed by atoms with Gasteiger partial charge in [0.25, 0.3) is 0 Å². The number of fused-ring (bicyclic) bond motifs is 3. The number of nitrogens with two attached hydrogens (primary N) is 1. The molecule has 0 bridgehead atoms. The van der Waals surface area contributed by atoms with Gasteiger partial charge in [0.05, 0.1) is 36.2 Å². The average molecular weight is 509 g/mol. The van der Waals surface area contributed by atoms with Gasteiger partial charge in [-0.2, -0.15) is 9.61 Å². The van der Waals surface area contributed by atoms with Gasteiger partial charge in [0, 0.05) is 36.2 Å². The number of aliphatic hydroxyl groups is 1. The van der Waals surface area contributed by atoms with E-state index in [4.69, 9.17) is 20.6 Å². The molecule has 2 fully saturated rings. The summed E-state index contributed by atoms with van der Waals surface area (Å²) in [6, 6.07) is 3.58. The van der Waals surface area contributed by atoms with Gasteiger partial charge in [-0.25, -0.2) is 14.4 Å². The number of methoxy groups -OCH3 is 1. The molecule has 10 nitrogen and oxygen atoms in total. The fraction of sp³-hybridized carbons (Fsp3) is 0.538. The standard InChI is InChI=1S/C26H33FN8O2/c1-15-4-5-16(13-33(15)18-12-29-34(14-18)17-6-8-26(2,36)9-7-17)23-31-24-19-10-20(27)22(37-3)11-21(19)30-25(28)35(24)32-23/h10-12,14-17,36H,4-9,13H2,1-3H3,(H2,28,30)/t15-,16+,17?,26?/m1/s1. The predicted octanol–water partition coefficient (Wildman–Crippen LogP) is 3.84. The first-order valence-electron chi connectivity index (χ1n) is 12.9. The Morgan fingerprint density at radius 2 is 1.95 bits per heavy atom. The van der Waals surface area contributed by atoms with Crippen LogP contribution in [0.5, 0.6) is 5.75 Å². The monoisotopic (exact) mass is 508 g/mol. The first kappa shape index (κ1) is 23.9. The fourth-order valence-electron chi connectivity index (χ4n) is 5.82. The molecule has 11 heteroatoms. The van der Waals surface area contributed by atoms with Crippen LogP contribution in [0.1, 0.15) is 70.2 Å². The van der Waals surface area contributed by atoms with Gasteiger partial charge in [0.1, 0.15) is 0 Å². The van der Waals surface area contributed by atoms with E-state index in [-0.39, 0.29) is 17.6 Å². The Morgan fingerprint density at radius 3 is 2.70 bits per heavy atom. The molecular formula is C26H33FN8O2. The van der Waals surface area contributed by atoms with Crippen LogP contribution in [-0.2, 0) is 0 Å². The number of rotatable bonds is 4. The number of benzene rings is 1. The van der Waals surface area contributed by atoms with Crippen LogP contribution >= 0.6 is 0 Å². The summed E-state index contributed by atoms with van der Waals surface area (Å²) in [5.74, 6) is 0.588. The van der Waals surface area contributed by atoms with Crippen LogP contribution in [-0.4, -0.2) is 59.8 Å². The Hall–Kier alpha value is -3.47. The Bertz CT molecular complexity index is 1450. The molecule has 3 aromatic heterocycles. The summed E-state index contributed by atoms with van der Waals surface area (Å²) >= 11 is 0. The SMILES string of the molecule is COc1cc2nc(N)n3nc([C@H]4CC[C@@H](C)N(c5cnn(C6CCC(C)(O)CC6)c5)C4)nc3c2cc1F. The number of halogens is 1. The highest BCUT2D eigenvalue weighted by Gasteiger charge is 2.33. The summed E-state index contributed by atoms with van der Waals surface area (Å²) in [7, 11) is 1.42. The summed E-state index contributed by atoms with van der Waals surface area (Å²) in [6.45, 7) is 4.89. The first-order chi connectivity index (χ1) is 17.7. The summed E-state index contributed by atoms with van der Waals surface area (Å²) in [5, 5.41) is 20.2. The number of ether oxygens (including phenoxy) is 1. The minimum Gasteiger partial charge on any atom is -0.494 e. The van der Waals surface area contributed by atoms with Crippen LogP contribution in [0.4, 0.5) is 16.0 Å². The lowest BCUT2D eigenvalue weighted by molar-refractivity contribution is 0.00851. The molecule has 2 atom stereocenters. The van der Waals surface area contributed by atoms with Crippen molar-refractivity contribution in [2.75, 3.05) is 24.3 Å². The van der Waals surface area contributed by atoms with E-state index < -0.39 is 11.4 Å². The minimum atomic E-state index is -0.565. The van der Waals surface area contributed by atoms with Gasteiger partial charge >= 0.3 is 0 Å². The van der Waals surface area contributed by atoms with Crippen molar-refractivity contribution in [1.29, 1.82) is 0 Å². The minimum absolute atomic E-state index is 0.0850. The molecule has 1 aliphatic heterocycles. The van der Waals surface area contributed by atoms with E-state index in [1.807, 2.05) is 13.1 Å². The van der Waals surface area contributed by atoms with E-state index in [0.717, 1.165) is 50.8 Å². The molecule has 1 aliphatic carbocycles. The van der Waals surface area contributed by atoms with Crippen molar-refractivity contribution in [3.05, 3.63) is 36.2 Å². The molecule has 1 saturated carbocycles. The van der Waals surface area contributed by atoms with E-state index in [1.165, 1.54) is 23.8 Å². The van der Waals surface area contributed by atoms with Gasteiger partial charge in [-0.1, -0.05) is 0 Å². The Balaban J connectivity index is 1.28. The lowest BCUT2D eigenvalue weighted by Crippen LogP contribution is -2.41. The summed E-state index contributed by atoms with van der Waals surface area (Å²) in [4.78, 5) is 11.6. The molecule has 0 spiro atoms. The second-order valence-electron chi connectivity index (χ2n) is 10.9. The second-order valence-corrected chi connectivity index (χ2v) is 10.9. The quantitative estimate of drug-likeness (QED) is 0.427. The molecule has 1 saturated heterocycles. The van der Waals surface area contributed by atoms with Gasteiger partial charge in [-0.3, -0.25) is 4.68 Å². The van der Waals surface area contributed by atoms with E-state index in [0.29, 0.717) is 34.5 Å². The third-order valence-electron chi connectivity index (χ3n) is 8.16. The van der Waals surface area contributed by atoms with Crippen molar-refractivity contribution in [2.24, 2.45) is 0 Å². The van der Waals surface area contributed by atoms with Crippen molar-refractivity contribution in [1.82, 2.24) is 29.4 Å². The zero-order chi connectivity index (χ0) is 25.9. The number of nitrogen functional groups attached to an aromatic ring is 1. The van der Waals surface area contributed by atoms with E-state index >= 15 is 0 Å². The number of hydrogen-bond acceptors (Lipinski definition) is 8. The number of aromatic nitrogens is 6. The Kier molecular flexibility index (Phi) is 5.70. The topological polar surface area (TPSA) is 120 Å². The highest BCUT2D eigenvalue weighted by Crippen LogP contribution is 2.37. The molecule has 0 unspecified atom stereocenters. The normalized spacial score (nSPS) is 26.7. The molecule has 196 valence electrons. The van der Waals surface area contributed by atoms with Crippen LogP contribution in [0.15, 0.2) is 24.5 Å². The first-order valence-corrected chi connectivity index (χ1v) is 12.9. The lowest BCUT2D eigenvalue weighted by Gasteiger charge is -2.38. The van der Waals surface area contributed by atoms with Crippen molar-refractivity contribution in [2.45, 2.75) is 76.0 Å². The second kappa shape index (κ2) is 8.83. The summed E-state index contributed by atoms with van der Waals surface area (Å²) in [5.41, 5.74) is 7.72. The molecule has 37 heavy (non-hydrogen) atoms. The van der Waals surface area contributed by atoms with Crippen LogP contribution in [0, 0.1) is 5.82 Å². The Labute approximate surface area is 214 Å².